The van der Waals surface area contributed by atoms with Crippen molar-refractivity contribution >= 4 is 11.8 Å². The van der Waals surface area contributed by atoms with Crippen LogP contribution in [0.2, 0.25) is 0 Å². The lowest BCUT2D eigenvalue weighted by Crippen LogP contribution is -2.31. The Labute approximate surface area is 376 Å². The minimum atomic E-state index is -0.124. The molecule has 0 fully saturated rings. The molecule has 0 bridgehead atoms. The van der Waals surface area contributed by atoms with Crippen LogP contribution in [0.5, 0.6) is 0 Å². The number of unbranched alkanes of at least 4 members (excludes halogenated alkanes) is 34. The van der Waals surface area contributed by atoms with Crippen LogP contribution in [0.1, 0.15) is 324 Å². The summed E-state index contributed by atoms with van der Waals surface area (Å²) in [5.74, 6) is -0.201. The first kappa shape index (κ1) is 56.4. The van der Waals surface area contributed by atoms with Crippen LogP contribution >= 0.6 is 0 Å². The molecule has 1 aromatic rings. The standard InChI is InChI=1S/C57H105NO2/c1-6-11-16-21-26-27-28-29-30-31-32-33-34-39-44-49-56(59)58-57(60)55-50-51(45-40-35-22-17-12-7-2)52(46-41-36-23-18-13-8-3)53(47-42-37-24-19-14-9-4)54(55)48-43-38-25-20-15-10-5/h50H,6-49H2,1-5H3,(H,58,59,60). The van der Waals surface area contributed by atoms with Gasteiger partial charge in [-0.2, -0.15) is 0 Å². The molecule has 0 aliphatic carbocycles. The van der Waals surface area contributed by atoms with Gasteiger partial charge in [-0.15, -0.1) is 0 Å². The van der Waals surface area contributed by atoms with Crippen LogP contribution in [0.4, 0.5) is 0 Å². The van der Waals surface area contributed by atoms with Gasteiger partial charge in [0.15, 0.2) is 0 Å². The summed E-state index contributed by atoms with van der Waals surface area (Å²) in [6, 6.07) is 2.30. The van der Waals surface area contributed by atoms with E-state index < -0.39 is 0 Å². The molecular weight excluding hydrogens is 731 g/mol. The molecule has 3 nitrogen and oxygen atoms in total. The van der Waals surface area contributed by atoms with E-state index in [1.807, 2.05) is 0 Å². The number of nitrogens with one attached hydrogen (secondary N) is 1. The molecule has 0 atom stereocenters. The van der Waals surface area contributed by atoms with Gasteiger partial charge in [-0.3, -0.25) is 14.9 Å². The third-order valence-electron chi connectivity index (χ3n) is 13.4. The van der Waals surface area contributed by atoms with Crippen LogP contribution in [0, 0.1) is 0 Å². The molecule has 0 unspecified atom stereocenters. The van der Waals surface area contributed by atoms with Gasteiger partial charge in [0.25, 0.3) is 5.91 Å². The van der Waals surface area contributed by atoms with Crippen molar-refractivity contribution in [1.29, 1.82) is 0 Å². The number of benzene rings is 1. The second-order valence-electron chi connectivity index (χ2n) is 19.2. The number of amides is 2. The Morgan fingerprint density at radius 2 is 0.617 bits per heavy atom. The number of hydrogen-bond acceptors (Lipinski definition) is 2. The zero-order valence-electron chi connectivity index (χ0n) is 41.5. The van der Waals surface area contributed by atoms with Crippen LogP contribution in [0.3, 0.4) is 0 Å². The molecule has 3 heteroatoms. The highest BCUT2D eigenvalue weighted by atomic mass is 16.2. The topological polar surface area (TPSA) is 46.2 Å². The summed E-state index contributed by atoms with van der Waals surface area (Å²) >= 11 is 0. The third kappa shape index (κ3) is 30.4. The molecule has 1 rings (SSSR count). The minimum Gasteiger partial charge on any atom is -0.292 e. The second kappa shape index (κ2) is 42.7. The van der Waals surface area contributed by atoms with Crippen LogP contribution < -0.4 is 5.32 Å². The Bertz CT molecular complexity index is 1120. The largest absolute Gasteiger partial charge is 0.292 e. The van der Waals surface area contributed by atoms with E-state index in [0.29, 0.717) is 6.42 Å². The molecule has 0 aliphatic heterocycles. The van der Waals surface area contributed by atoms with E-state index in [9.17, 15) is 9.59 Å². The average molecular weight is 836 g/mol. The Balaban J connectivity index is 3.10. The van der Waals surface area contributed by atoms with Crippen molar-refractivity contribution in [2.75, 3.05) is 0 Å². The van der Waals surface area contributed by atoms with E-state index in [-0.39, 0.29) is 11.8 Å². The van der Waals surface area contributed by atoms with Crippen LogP contribution in [0.25, 0.3) is 0 Å². The summed E-state index contributed by atoms with van der Waals surface area (Å²) in [4.78, 5) is 27.7. The van der Waals surface area contributed by atoms with E-state index in [1.165, 1.54) is 248 Å². The van der Waals surface area contributed by atoms with Gasteiger partial charge in [0, 0.05) is 12.0 Å². The number of hydrogen-bond donors (Lipinski definition) is 1. The summed E-state index contributed by atoms with van der Waals surface area (Å²) in [7, 11) is 0. The van der Waals surface area contributed by atoms with Gasteiger partial charge >= 0.3 is 0 Å². The molecule has 2 amide bonds. The van der Waals surface area contributed by atoms with Crippen molar-refractivity contribution in [3.63, 3.8) is 0 Å². The summed E-state index contributed by atoms with van der Waals surface area (Å²) in [5, 5.41) is 2.95. The van der Waals surface area contributed by atoms with Gasteiger partial charge in [0.05, 0.1) is 0 Å². The number of carbonyl (C=O) groups excluding carboxylic acids is 2. The number of rotatable bonds is 45. The molecule has 0 saturated carbocycles. The van der Waals surface area contributed by atoms with E-state index in [2.05, 4.69) is 46.0 Å². The van der Waals surface area contributed by atoms with Gasteiger partial charge in [-0.05, 0) is 86.1 Å². The fourth-order valence-electron chi connectivity index (χ4n) is 9.47. The monoisotopic (exact) mass is 836 g/mol. The molecular formula is C57H105NO2. The number of imide groups is 1. The number of carbonyl (C=O) groups is 2. The Hall–Kier alpha value is -1.64. The van der Waals surface area contributed by atoms with E-state index >= 15 is 0 Å². The SMILES string of the molecule is CCCCCCCCCCCCCCCCCC(=O)NC(=O)c1cc(CCCCCCCC)c(CCCCCCCC)c(CCCCCCCC)c1CCCCCCCC. The van der Waals surface area contributed by atoms with Crippen LogP contribution in [0.15, 0.2) is 6.07 Å². The molecule has 0 saturated heterocycles. The zero-order chi connectivity index (χ0) is 43.6. The van der Waals surface area contributed by atoms with Crippen molar-refractivity contribution in [2.45, 2.75) is 317 Å². The Morgan fingerprint density at radius 3 is 0.983 bits per heavy atom. The summed E-state index contributed by atoms with van der Waals surface area (Å²) < 4.78 is 0. The van der Waals surface area contributed by atoms with Crippen molar-refractivity contribution in [1.82, 2.24) is 5.32 Å². The lowest BCUT2D eigenvalue weighted by Gasteiger charge is -2.23. The predicted octanol–water partition coefficient (Wildman–Crippen LogP) is 18.8. The van der Waals surface area contributed by atoms with Crippen molar-refractivity contribution < 1.29 is 9.59 Å². The maximum absolute atomic E-state index is 14.4. The highest BCUT2D eigenvalue weighted by molar-refractivity contribution is 6.06. The molecule has 350 valence electrons. The zero-order valence-corrected chi connectivity index (χ0v) is 41.5. The quantitative estimate of drug-likeness (QED) is 0.0665. The molecule has 1 N–H and O–H groups in total. The highest BCUT2D eigenvalue weighted by Gasteiger charge is 2.23. The fraction of sp³-hybridized carbons (Fsp3) is 0.860. The lowest BCUT2D eigenvalue weighted by atomic mass is 9.82. The summed E-state index contributed by atoms with van der Waals surface area (Å²) in [5.41, 5.74) is 6.66. The van der Waals surface area contributed by atoms with Gasteiger partial charge in [-0.25, -0.2) is 0 Å². The molecule has 1 aromatic carbocycles. The molecule has 0 heterocycles. The first-order valence-electron chi connectivity index (χ1n) is 27.5. The third-order valence-corrected chi connectivity index (χ3v) is 13.4. The van der Waals surface area contributed by atoms with Gasteiger partial charge in [0.1, 0.15) is 0 Å². The Kier molecular flexibility index (Phi) is 40.1. The van der Waals surface area contributed by atoms with Gasteiger partial charge in [0.2, 0.25) is 5.91 Å². The van der Waals surface area contributed by atoms with Gasteiger partial charge in [-0.1, -0.05) is 253 Å². The first-order chi connectivity index (χ1) is 29.5. The van der Waals surface area contributed by atoms with E-state index in [0.717, 1.165) is 50.5 Å². The van der Waals surface area contributed by atoms with E-state index in [1.54, 1.807) is 5.56 Å². The Morgan fingerprint density at radius 1 is 0.333 bits per heavy atom. The lowest BCUT2D eigenvalue weighted by molar-refractivity contribution is -0.120. The van der Waals surface area contributed by atoms with Crippen molar-refractivity contribution in [3.8, 4) is 0 Å². The smallest absolute Gasteiger partial charge is 0.258 e. The normalized spacial score (nSPS) is 11.5. The predicted molar refractivity (Wildman–Crippen MR) is 267 cm³/mol. The maximum Gasteiger partial charge on any atom is 0.258 e. The fourth-order valence-corrected chi connectivity index (χ4v) is 9.47. The van der Waals surface area contributed by atoms with Crippen LogP contribution in [-0.4, -0.2) is 11.8 Å². The minimum absolute atomic E-state index is 0.0775. The molecule has 60 heavy (non-hydrogen) atoms. The molecule has 0 aromatic heterocycles. The average Bonchev–Trinajstić information content (AvgIpc) is 3.25. The number of aryl methyl sites for hydroxylation is 1. The summed E-state index contributed by atoms with van der Waals surface area (Å²) in [6.45, 7) is 11.5. The molecule has 0 spiro atoms. The second-order valence-corrected chi connectivity index (χ2v) is 19.2. The van der Waals surface area contributed by atoms with Crippen molar-refractivity contribution in [3.05, 3.63) is 33.9 Å². The maximum atomic E-state index is 14.4. The molecule has 0 aliphatic rings. The highest BCUT2D eigenvalue weighted by Crippen LogP contribution is 2.31. The van der Waals surface area contributed by atoms with Crippen molar-refractivity contribution in [2.24, 2.45) is 0 Å². The first-order valence-corrected chi connectivity index (χ1v) is 27.5. The van der Waals surface area contributed by atoms with E-state index in [4.69, 9.17) is 0 Å². The van der Waals surface area contributed by atoms with Gasteiger partial charge < -0.3 is 0 Å². The summed E-state index contributed by atoms with van der Waals surface area (Å²) in [6.07, 6.45) is 55.2. The molecule has 0 radical (unpaired) electrons. The van der Waals surface area contributed by atoms with Crippen LogP contribution in [-0.2, 0) is 30.5 Å².